The summed E-state index contributed by atoms with van der Waals surface area (Å²) < 4.78 is 0. The number of aromatic nitrogens is 5. The highest BCUT2D eigenvalue weighted by atomic mass is 32.1. The molecule has 0 radical (unpaired) electrons. The third-order valence-corrected chi connectivity index (χ3v) is 5.62. The summed E-state index contributed by atoms with van der Waals surface area (Å²) in [6.07, 6.45) is 5.16. The van der Waals surface area contributed by atoms with E-state index in [2.05, 4.69) is 25.5 Å². The molecule has 0 saturated heterocycles. The number of pyridine rings is 1. The number of amides is 1. The van der Waals surface area contributed by atoms with Crippen LogP contribution >= 0.6 is 11.3 Å². The zero-order valence-electron chi connectivity index (χ0n) is 14.8. The first-order chi connectivity index (χ1) is 13.8. The molecule has 1 fully saturated rings. The smallest absolute Gasteiger partial charge is 0.228 e. The molecule has 5 rings (SSSR count). The summed E-state index contributed by atoms with van der Waals surface area (Å²) in [4.78, 5) is 25.2. The van der Waals surface area contributed by atoms with E-state index in [0.717, 1.165) is 39.5 Å². The van der Waals surface area contributed by atoms with E-state index >= 15 is 0 Å². The van der Waals surface area contributed by atoms with E-state index in [-0.39, 0.29) is 11.8 Å². The number of benzene rings is 1. The van der Waals surface area contributed by atoms with Gasteiger partial charge in [0.2, 0.25) is 5.91 Å². The van der Waals surface area contributed by atoms with Crippen LogP contribution in [0.2, 0.25) is 0 Å². The van der Waals surface area contributed by atoms with E-state index in [1.165, 1.54) is 11.3 Å². The molecule has 3 aromatic heterocycles. The lowest BCUT2D eigenvalue weighted by molar-refractivity contribution is -0.117. The van der Waals surface area contributed by atoms with Gasteiger partial charge in [-0.1, -0.05) is 30.3 Å². The number of carbonyl (C=O) groups is 1. The Hall–Kier alpha value is -3.39. The Kier molecular flexibility index (Phi) is 4.17. The predicted molar refractivity (Wildman–Crippen MR) is 108 cm³/mol. The normalized spacial score (nSPS) is 13.4. The van der Waals surface area contributed by atoms with Crippen molar-refractivity contribution in [2.45, 2.75) is 12.8 Å². The van der Waals surface area contributed by atoms with Gasteiger partial charge in [0.15, 0.2) is 5.82 Å². The largest absolute Gasteiger partial charge is 0.327 e. The number of aromatic amines is 1. The fourth-order valence-electron chi connectivity index (χ4n) is 2.92. The van der Waals surface area contributed by atoms with Gasteiger partial charge in [-0.3, -0.25) is 4.79 Å². The van der Waals surface area contributed by atoms with Gasteiger partial charge in [-0.05, 0) is 25.0 Å². The van der Waals surface area contributed by atoms with Gasteiger partial charge in [0.1, 0.15) is 22.0 Å². The minimum atomic E-state index is 0.0381. The number of carbonyl (C=O) groups excluding carboxylic acids is 1. The number of rotatable bonds is 5. The lowest BCUT2D eigenvalue weighted by Crippen LogP contribution is -2.14. The summed E-state index contributed by atoms with van der Waals surface area (Å²) in [5, 5.41) is 11.8. The summed E-state index contributed by atoms with van der Waals surface area (Å²) in [6, 6.07) is 13.7. The van der Waals surface area contributed by atoms with Gasteiger partial charge < -0.3 is 10.3 Å². The molecule has 2 N–H and O–H groups in total. The summed E-state index contributed by atoms with van der Waals surface area (Å²) in [7, 11) is 0. The predicted octanol–water partition coefficient (Wildman–Crippen LogP) is 4.01. The van der Waals surface area contributed by atoms with Gasteiger partial charge in [0.25, 0.3) is 0 Å². The van der Waals surface area contributed by atoms with Gasteiger partial charge >= 0.3 is 0 Å². The van der Waals surface area contributed by atoms with Crippen LogP contribution in [0.25, 0.3) is 32.5 Å². The molecule has 138 valence electrons. The molecule has 28 heavy (non-hydrogen) atoms. The van der Waals surface area contributed by atoms with Crippen LogP contribution in [0, 0.1) is 5.92 Å². The highest BCUT2D eigenvalue weighted by Gasteiger charge is 2.29. The minimum absolute atomic E-state index is 0.0381. The quantitative estimate of drug-likeness (QED) is 0.538. The third-order valence-electron chi connectivity index (χ3n) is 4.51. The van der Waals surface area contributed by atoms with Crippen molar-refractivity contribution < 1.29 is 4.79 Å². The van der Waals surface area contributed by atoms with E-state index in [1.807, 2.05) is 42.5 Å². The van der Waals surface area contributed by atoms with Gasteiger partial charge in [-0.15, -0.1) is 21.5 Å². The fraction of sp³-hybridized carbons (Fsp3) is 0.150. The van der Waals surface area contributed by atoms with Crippen molar-refractivity contribution in [2.24, 2.45) is 5.92 Å². The SMILES string of the molecule is O=C(Nc1cc(-c2nc(-c3ccccc3)c(-c3nnc[nH]3)s2)ccn1)C1CC1. The van der Waals surface area contributed by atoms with E-state index in [0.29, 0.717) is 11.6 Å². The Balaban J connectivity index is 1.54. The Labute approximate surface area is 164 Å². The van der Waals surface area contributed by atoms with Crippen LogP contribution < -0.4 is 5.32 Å². The van der Waals surface area contributed by atoms with Crippen molar-refractivity contribution in [1.29, 1.82) is 0 Å². The Morgan fingerprint density at radius 3 is 2.75 bits per heavy atom. The zero-order valence-corrected chi connectivity index (χ0v) is 15.6. The zero-order chi connectivity index (χ0) is 18.9. The van der Waals surface area contributed by atoms with E-state index in [1.54, 1.807) is 12.5 Å². The van der Waals surface area contributed by atoms with Gasteiger partial charge in [0, 0.05) is 23.2 Å². The van der Waals surface area contributed by atoms with Crippen molar-refractivity contribution >= 4 is 23.1 Å². The second-order valence-electron chi connectivity index (χ2n) is 6.59. The van der Waals surface area contributed by atoms with Crippen molar-refractivity contribution in [1.82, 2.24) is 25.1 Å². The molecule has 7 nitrogen and oxygen atoms in total. The second kappa shape index (κ2) is 6.97. The lowest BCUT2D eigenvalue weighted by atomic mass is 10.1. The second-order valence-corrected chi connectivity index (χ2v) is 7.59. The summed E-state index contributed by atoms with van der Waals surface area (Å²) >= 11 is 1.53. The lowest BCUT2D eigenvalue weighted by Gasteiger charge is -2.04. The topological polar surface area (TPSA) is 96.5 Å². The Morgan fingerprint density at radius 2 is 2.00 bits per heavy atom. The molecular weight excluding hydrogens is 372 g/mol. The van der Waals surface area contributed by atoms with E-state index < -0.39 is 0 Å². The van der Waals surface area contributed by atoms with Crippen LogP contribution in [-0.2, 0) is 4.79 Å². The number of anilines is 1. The Bertz CT molecular complexity index is 1120. The number of hydrogen-bond donors (Lipinski definition) is 2. The van der Waals surface area contributed by atoms with Crippen molar-refractivity contribution in [3.63, 3.8) is 0 Å². The molecule has 1 aliphatic rings. The molecular formula is C20H16N6OS. The van der Waals surface area contributed by atoms with Crippen LogP contribution in [-0.4, -0.2) is 31.1 Å². The van der Waals surface area contributed by atoms with Crippen molar-refractivity contribution in [3.8, 4) is 32.5 Å². The average Bonchev–Trinajstić information content (AvgIpc) is 3.26. The Morgan fingerprint density at radius 1 is 1.14 bits per heavy atom. The van der Waals surface area contributed by atoms with Crippen molar-refractivity contribution in [2.75, 3.05) is 5.32 Å². The molecule has 8 heteroatoms. The fourth-order valence-corrected chi connectivity index (χ4v) is 3.95. The molecule has 1 saturated carbocycles. The molecule has 0 bridgehead atoms. The van der Waals surface area contributed by atoms with Crippen LogP contribution in [0.3, 0.4) is 0 Å². The summed E-state index contributed by atoms with van der Waals surface area (Å²) in [6.45, 7) is 0. The number of nitrogens with one attached hydrogen (secondary N) is 2. The van der Waals surface area contributed by atoms with Crippen LogP contribution in [0.4, 0.5) is 5.82 Å². The van der Waals surface area contributed by atoms with Crippen molar-refractivity contribution in [3.05, 3.63) is 55.0 Å². The number of nitrogens with zero attached hydrogens (tertiary/aromatic N) is 4. The third kappa shape index (κ3) is 3.29. The molecule has 1 aromatic carbocycles. The number of thiazole rings is 1. The molecule has 4 aromatic rings. The van der Waals surface area contributed by atoms with E-state index in [9.17, 15) is 4.79 Å². The van der Waals surface area contributed by atoms with Gasteiger partial charge in [-0.2, -0.15) is 0 Å². The molecule has 0 unspecified atom stereocenters. The first-order valence-corrected chi connectivity index (χ1v) is 9.79. The minimum Gasteiger partial charge on any atom is -0.327 e. The maximum Gasteiger partial charge on any atom is 0.228 e. The van der Waals surface area contributed by atoms with Gasteiger partial charge in [-0.25, -0.2) is 9.97 Å². The average molecular weight is 388 g/mol. The maximum atomic E-state index is 12.0. The van der Waals surface area contributed by atoms with E-state index in [4.69, 9.17) is 4.98 Å². The molecule has 0 aliphatic heterocycles. The molecule has 1 amide bonds. The summed E-state index contributed by atoms with van der Waals surface area (Å²) in [5.74, 6) is 1.40. The standard InChI is InChI=1S/C20H16N6OS/c27-19(13-6-7-13)24-15-10-14(8-9-21-15)20-25-16(12-4-2-1-3-5-12)17(28-20)18-22-11-23-26-18/h1-5,8-11,13H,6-7H2,(H,21,24,27)(H,22,23,26). The molecule has 3 heterocycles. The summed E-state index contributed by atoms with van der Waals surface area (Å²) in [5.41, 5.74) is 2.75. The number of hydrogen-bond acceptors (Lipinski definition) is 6. The molecule has 0 spiro atoms. The van der Waals surface area contributed by atoms with Crippen LogP contribution in [0.1, 0.15) is 12.8 Å². The highest BCUT2D eigenvalue weighted by molar-refractivity contribution is 7.18. The van der Waals surface area contributed by atoms with Crippen LogP contribution in [0.15, 0.2) is 55.0 Å². The maximum absolute atomic E-state index is 12.0. The first kappa shape index (κ1) is 16.8. The van der Waals surface area contributed by atoms with Gasteiger partial charge in [0.05, 0.1) is 5.69 Å². The monoisotopic (exact) mass is 388 g/mol. The van der Waals surface area contributed by atoms with Crippen LogP contribution in [0.5, 0.6) is 0 Å². The highest BCUT2D eigenvalue weighted by Crippen LogP contribution is 2.39. The molecule has 0 atom stereocenters. The number of H-pyrrole nitrogens is 1. The first-order valence-electron chi connectivity index (χ1n) is 8.98. The molecule has 1 aliphatic carbocycles.